The zero-order chi connectivity index (χ0) is 25.1. The summed E-state index contributed by atoms with van der Waals surface area (Å²) >= 11 is 3.42. The van der Waals surface area contributed by atoms with E-state index in [1.807, 2.05) is 38.1 Å². The highest BCUT2D eigenvalue weighted by atomic mass is 79.9. The molecule has 0 saturated heterocycles. The molecule has 0 radical (unpaired) electrons. The van der Waals surface area contributed by atoms with E-state index < -0.39 is 17.7 Å². The Bertz CT molecular complexity index is 1460. The van der Waals surface area contributed by atoms with Crippen molar-refractivity contribution in [3.8, 4) is 5.75 Å². The smallest absolute Gasteiger partial charge is 0.328 e. The van der Waals surface area contributed by atoms with Gasteiger partial charge in [0.15, 0.2) is 0 Å². The van der Waals surface area contributed by atoms with E-state index in [2.05, 4.69) is 32.0 Å². The molecule has 1 aromatic heterocycles. The second kappa shape index (κ2) is 10.0. The van der Waals surface area contributed by atoms with Gasteiger partial charge >= 0.3 is 11.8 Å². The van der Waals surface area contributed by atoms with Crippen molar-refractivity contribution in [1.29, 1.82) is 0 Å². The number of halogens is 1. The van der Waals surface area contributed by atoms with Gasteiger partial charge < -0.3 is 15.4 Å². The quantitative estimate of drug-likeness (QED) is 0.314. The Kier molecular flexibility index (Phi) is 6.88. The number of para-hydroxylation sites is 2. The number of fused-ring (bicyclic) bond motifs is 1. The lowest BCUT2D eigenvalue weighted by Gasteiger charge is -2.14. The standard InChI is InChI=1S/C26H23BrN4O4/c1-15-8-10-19(16(2)12-15)28-24(32)22-14-17-13-18(27)9-11-21(17)31(22)30-26(34)25(33)29-20-6-4-5-7-23(20)35-3/h4-14H,1-3H3,(H,28,32)(H,29,33)(H,30,34). The van der Waals surface area contributed by atoms with Crippen LogP contribution in [-0.4, -0.2) is 29.5 Å². The highest BCUT2D eigenvalue weighted by molar-refractivity contribution is 9.10. The van der Waals surface area contributed by atoms with E-state index in [1.54, 1.807) is 42.5 Å². The van der Waals surface area contributed by atoms with Crippen LogP contribution in [0.5, 0.6) is 5.75 Å². The lowest BCUT2D eigenvalue weighted by molar-refractivity contribution is -0.133. The van der Waals surface area contributed by atoms with E-state index >= 15 is 0 Å². The van der Waals surface area contributed by atoms with E-state index in [4.69, 9.17) is 4.74 Å². The first-order valence-electron chi connectivity index (χ1n) is 10.7. The van der Waals surface area contributed by atoms with Crippen molar-refractivity contribution in [3.05, 3.63) is 88.0 Å². The molecule has 0 fully saturated rings. The summed E-state index contributed by atoms with van der Waals surface area (Å²) in [5.74, 6) is -1.88. The fraction of sp³-hybridized carbons (Fsp3) is 0.115. The van der Waals surface area contributed by atoms with Crippen LogP contribution in [0.25, 0.3) is 10.9 Å². The van der Waals surface area contributed by atoms with Crippen LogP contribution >= 0.6 is 15.9 Å². The average Bonchev–Trinajstić information content (AvgIpc) is 3.18. The Hall–Kier alpha value is -4.11. The number of anilines is 2. The maximum atomic E-state index is 13.2. The minimum atomic E-state index is -0.947. The predicted molar refractivity (Wildman–Crippen MR) is 139 cm³/mol. The molecular weight excluding hydrogens is 512 g/mol. The second-order valence-corrected chi connectivity index (χ2v) is 8.85. The summed E-state index contributed by atoms with van der Waals surface area (Å²) in [6.07, 6.45) is 0. The summed E-state index contributed by atoms with van der Waals surface area (Å²) < 4.78 is 7.34. The molecule has 4 rings (SSSR count). The number of benzene rings is 3. The lowest BCUT2D eigenvalue weighted by Crippen LogP contribution is -2.36. The van der Waals surface area contributed by atoms with E-state index in [1.165, 1.54) is 11.8 Å². The van der Waals surface area contributed by atoms with Gasteiger partial charge in [0.2, 0.25) is 0 Å². The third-order valence-corrected chi connectivity index (χ3v) is 5.89. The highest BCUT2D eigenvalue weighted by Gasteiger charge is 2.22. The van der Waals surface area contributed by atoms with Crippen molar-refractivity contribution in [2.24, 2.45) is 0 Å². The fourth-order valence-electron chi connectivity index (χ4n) is 3.69. The maximum Gasteiger partial charge on any atom is 0.328 e. The van der Waals surface area contributed by atoms with E-state index in [9.17, 15) is 14.4 Å². The van der Waals surface area contributed by atoms with Crippen LogP contribution in [0.4, 0.5) is 11.4 Å². The number of hydrogen-bond acceptors (Lipinski definition) is 4. The number of nitrogens with one attached hydrogen (secondary N) is 3. The van der Waals surface area contributed by atoms with Gasteiger partial charge in [-0.2, -0.15) is 0 Å². The molecule has 3 aromatic carbocycles. The first-order valence-corrected chi connectivity index (χ1v) is 11.5. The number of amides is 3. The third kappa shape index (κ3) is 5.20. The number of ether oxygens (including phenoxy) is 1. The third-order valence-electron chi connectivity index (χ3n) is 5.40. The SMILES string of the molecule is COc1ccccc1NC(=O)C(=O)Nn1c(C(=O)Nc2ccc(C)cc2C)cc2cc(Br)ccc21. The van der Waals surface area contributed by atoms with Crippen LogP contribution in [0.1, 0.15) is 21.6 Å². The number of aromatic nitrogens is 1. The van der Waals surface area contributed by atoms with E-state index in [0.29, 0.717) is 28.0 Å². The van der Waals surface area contributed by atoms with Gasteiger partial charge in [0.1, 0.15) is 11.4 Å². The number of hydrogen-bond donors (Lipinski definition) is 3. The normalized spacial score (nSPS) is 10.6. The lowest BCUT2D eigenvalue weighted by atomic mass is 10.1. The first kappa shape index (κ1) is 24.0. The summed E-state index contributed by atoms with van der Waals surface area (Å²) in [6, 6.07) is 19.4. The molecule has 0 atom stereocenters. The Labute approximate surface area is 210 Å². The molecule has 3 N–H and O–H groups in total. The molecule has 0 aliphatic heterocycles. The minimum absolute atomic E-state index is 0.163. The van der Waals surface area contributed by atoms with Gasteiger partial charge in [-0.15, -0.1) is 0 Å². The van der Waals surface area contributed by atoms with E-state index in [-0.39, 0.29) is 5.69 Å². The van der Waals surface area contributed by atoms with Gasteiger partial charge in [0.05, 0.1) is 18.3 Å². The fourth-order valence-corrected chi connectivity index (χ4v) is 4.07. The Morgan fingerprint density at radius 2 is 1.63 bits per heavy atom. The number of rotatable bonds is 5. The monoisotopic (exact) mass is 534 g/mol. The number of carbonyl (C=O) groups is 3. The van der Waals surface area contributed by atoms with Crippen LogP contribution in [-0.2, 0) is 9.59 Å². The van der Waals surface area contributed by atoms with Crippen molar-refractivity contribution >= 4 is 55.9 Å². The summed E-state index contributed by atoms with van der Waals surface area (Å²) in [5, 5.41) is 6.13. The zero-order valence-electron chi connectivity index (χ0n) is 19.3. The molecule has 4 aromatic rings. The molecule has 0 aliphatic rings. The van der Waals surface area contributed by atoms with Gasteiger partial charge in [0.25, 0.3) is 5.91 Å². The van der Waals surface area contributed by atoms with Crippen molar-refractivity contribution < 1.29 is 19.1 Å². The molecule has 178 valence electrons. The zero-order valence-corrected chi connectivity index (χ0v) is 20.9. The van der Waals surface area contributed by atoms with Gasteiger partial charge in [-0.1, -0.05) is 45.8 Å². The van der Waals surface area contributed by atoms with Crippen LogP contribution in [0.15, 0.2) is 71.2 Å². The summed E-state index contributed by atoms with van der Waals surface area (Å²) in [4.78, 5) is 38.7. The van der Waals surface area contributed by atoms with Gasteiger partial charge in [-0.05, 0) is 61.9 Å². The molecule has 0 unspecified atom stereocenters. The maximum absolute atomic E-state index is 13.2. The summed E-state index contributed by atoms with van der Waals surface area (Å²) in [5.41, 5.74) is 6.25. The molecule has 3 amide bonds. The highest BCUT2D eigenvalue weighted by Crippen LogP contribution is 2.25. The number of nitrogens with zero attached hydrogens (tertiary/aromatic N) is 1. The molecular formula is C26H23BrN4O4. The van der Waals surface area contributed by atoms with Gasteiger partial charge in [0, 0.05) is 15.5 Å². The Balaban J connectivity index is 1.64. The number of carbonyl (C=O) groups excluding carboxylic acids is 3. The first-order chi connectivity index (χ1) is 16.8. The van der Waals surface area contributed by atoms with Crippen molar-refractivity contribution in [2.75, 3.05) is 23.2 Å². The molecule has 0 aliphatic carbocycles. The topological polar surface area (TPSA) is 101 Å². The molecule has 9 heteroatoms. The average molecular weight is 535 g/mol. The summed E-state index contributed by atoms with van der Waals surface area (Å²) in [7, 11) is 1.47. The van der Waals surface area contributed by atoms with Crippen molar-refractivity contribution in [3.63, 3.8) is 0 Å². The molecule has 1 heterocycles. The van der Waals surface area contributed by atoms with Crippen LogP contribution < -0.4 is 20.8 Å². The van der Waals surface area contributed by atoms with Crippen molar-refractivity contribution in [2.45, 2.75) is 13.8 Å². The predicted octanol–water partition coefficient (Wildman–Crippen LogP) is 4.99. The number of methoxy groups -OCH3 is 1. The van der Waals surface area contributed by atoms with Crippen molar-refractivity contribution in [1.82, 2.24) is 4.68 Å². The van der Waals surface area contributed by atoms with Crippen LogP contribution in [0, 0.1) is 13.8 Å². The molecule has 0 saturated carbocycles. The summed E-state index contributed by atoms with van der Waals surface area (Å²) in [6.45, 7) is 3.87. The molecule has 0 bridgehead atoms. The molecule has 0 spiro atoms. The van der Waals surface area contributed by atoms with Crippen LogP contribution in [0.3, 0.4) is 0 Å². The Morgan fingerprint density at radius 1 is 0.857 bits per heavy atom. The largest absolute Gasteiger partial charge is 0.495 e. The Morgan fingerprint density at radius 3 is 2.37 bits per heavy atom. The minimum Gasteiger partial charge on any atom is -0.495 e. The number of aryl methyl sites for hydroxylation is 2. The molecule has 35 heavy (non-hydrogen) atoms. The van der Waals surface area contributed by atoms with Gasteiger partial charge in [-0.25, -0.2) is 4.68 Å². The molecule has 8 nitrogen and oxygen atoms in total. The van der Waals surface area contributed by atoms with Crippen LogP contribution in [0.2, 0.25) is 0 Å². The van der Waals surface area contributed by atoms with E-state index in [0.717, 1.165) is 15.6 Å². The van der Waals surface area contributed by atoms with Gasteiger partial charge in [-0.3, -0.25) is 19.8 Å². The second-order valence-electron chi connectivity index (χ2n) is 7.94.